The Bertz CT molecular complexity index is 814. The number of rotatable bonds is 3. The van der Waals surface area contributed by atoms with Crippen molar-refractivity contribution in [2.45, 2.75) is 12.8 Å². The normalized spacial score (nSPS) is 11.2. The van der Waals surface area contributed by atoms with E-state index in [2.05, 4.69) is 10.1 Å². The van der Waals surface area contributed by atoms with Gasteiger partial charge in [-0.2, -0.15) is 5.10 Å². The Morgan fingerprint density at radius 2 is 2.05 bits per heavy atom. The van der Waals surface area contributed by atoms with Gasteiger partial charge in [0.05, 0.1) is 11.2 Å². The zero-order valence-electron chi connectivity index (χ0n) is 11.3. The van der Waals surface area contributed by atoms with Crippen LogP contribution in [-0.4, -0.2) is 14.8 Å². The standard InChI is InChI=1S/C15H12ClF2N3/c1-21-15-11(16)7-10(20-13(15)8-19-21)6-5-9-3-2-4-12(17)14(9)18/h2-4,7-8H,5-6H2,1H3. The molecule has 0 atom stereocenters. The van der Waals surface area contributed by atoms with Crippen LogP contribution >= 0.6 is 11.6 Å². The summed E-state index contributed by atoms with van der Waals surface area (Å²) < 4.78 is 28.4. The molecule has 3 nitrogen and oxygen atoms in total. The van der Waals surface area contributed by atoms with Crippen molar-refractivity contribution in [3.63, 3.8) is 0 Å². The predicted octanol–water partition coefficient (Wildman–Crippen LogP) is 3.69. The third-order valence-electron chi connectivity index (χ3n) is 3.39. The number of nitrogens with zero attached hydrogens (tertiary/aromatic N) is 3. The molecule has 0 radical (unpaired) electrons. The van der Waals surface area contributed by atoms with Crippen LogP contribution in [-0.2, 0) is 19.9 Å². The SMILES string of the molecule is Cn1ncc2nc(CCc3cccc(F)c3F)cc(Cl)c21. The van der Waals surface area contributed by atoms with Crippen LogP contribution in [0.1, 0.15) is 11.3 Å². The summed E-state index contributed by atoms with van der Waals surface area (Å²) in [7, 11) is 1.79. The van der Waals surface area contributed by atoms with Crippen LogP contribution in [0.4, 0.5) is 8.78 Å². The van der Waals surface area contributed by atoms with E-state index in [1.165, 1.54) is 6.07 Å². The third-order valence-corrected chi connectivity index (χ3v) is 3.67. The Hall–Kier alpha value is -2.01. The van der Waals surface area contributed by atoms with Crippen molar-refractivity contribution < 1.29 is 8.78 Å². The number of hydrogen-bond donors (Lipinski definition) is 0. The molecule has 0 N–H and O–H groups in total. The topological polar surface area (TPSA) is 30.7 Å². The van der Waals surface area contributed by atoms with Crippen LogP contribution in [0, 0.1) is 11.6 Å². The molecule has 6 heteroatoms. The highest BCUT2D eigenvalue weighted by Gasteiger charge is 2.11. The minimum absolute atomic E-state index is 0.333. The molecule has 0 saturated heterocycles. The van der Waals surface area contributed by atoms with E-state index >= 15 is 0 Å². The molecule has 3 aromatic rings. The van der Waals surface area contributed by atoms with E-state index in [9.17, 15) is 8.78 Å². The fourth-order valence-corrected chi connectivity index (χ4v) is 2.66. The fourth-order valence-electron chi connectivity index (χ4n) is 2.32. The Kier molecular flexibility index (Phi) is 3.59. The number of hydrogen-bond acceptors (Lipinski definition) is 2. The zero-order valence-corrected chi connectivity index (χ0v) is 12.0. The van der Waals surface area contributed by atoms with Crippen molar-refractivity contribution in [1.82, 2.24) is 14.8 Å². The smallest absolute Gasteiger partial charge is 0.162 e. The minimum atomic E-state index is -0.832. The number of benzene rings is 1. The van der Waals surface area contributed by atoms with Crippen LogP contribution in [0.15, 0.2) is 30.5 Å². The molecule has 0 fully saturated rings. The Morgan fingerprint density at radius 1 is 1.24 bits per heavy atom. The summed E-state index contributed by atoms with van der Waals surface area (Å²) in [6.45, 7) is 0. The molecule has 0 amide bonds. The molecule has 3 rings (SSSR count). The van der Waals surface area contributed by atoms with Gasteiger partial charge in [0.1, 0.15) is 11.0 Å². The number of halogens is 3. The quantitative estimate of drug-likeness (QED) is 0.739. The Labute approximate surface area is 125 Å². The fraction of sp³-hybridized carbons (Fsp3) is 0.200. The summed E-state index contributed by atoms with van der Waals surface area (Å²) in [5, 5.41) is 4.65. The van der Waals surface area contributed by atoms with Gasteiger partial charge in [-0.15, -0.1) is 0 Å². The molecule has 0 aliphatic carbocycles. The van der Waals surface area contributed by atoms with E-state index in [4.69, 9.17) is 11.6 Å². The second-order valence-electron chi connectivity index (χ2n) is 4.81. The van der Waals surface area contributed by atoms with Gasteiger partial charge in [-0.3, -0.25) is 4.68 Å². The van der Waals surface area contributed by atoms with Gasteiger partial charge in [0.2, 0.25) is 0 Å². The monoisotopic (exact) mass is 307 g/mol. The van der Waals surface area contributed by atoms with Crippen molar-refractivity contribution in [2.24, 2.45) is 7.05 Å². The molecule has 0 spiro atoms. The van der Waals surface area contributed by atoms with E-state index in [0.717, 1.165) is 17.3 Å². The maximum absolute atomic E-state index is 13.6. The summed E-state index contributed by atoms with van der Waals surface area (Å²) >= 11 is 6.21. The summed E-state index contributed by atoms with van der Waals surface area (Å²) in [4.78, 5) is 4.44. The van der Waals surface area contributed by atoms with Crippen LogP contribution in [0.3, 0.4) is 0 Å². The summed E-state index contributed by atoms with van der Waals surface area (Å²) in [6.07, 6.45) is 2.47. The van der Waals surface area contributed by atoms with Crippen molar-refractivity contribution in [2.75, 3.05) is 0 Å². The van der Waals surface area contributed by atoms with Gasteiger partial charge in [0.15, 0.2) is 11.6 Å². The first-order valence-corrected chi connectivity index (χ1v) is 6.84. The number of pyridine rings is 1. The van der Waals surface area contributed by atoms with Gasteiger partial charge in [-0.05, 0) is 30.5 Å². The Balaban J connectivity index is 1.87. The van der Waals surface area contributed by atoms with E-state index in [-0.39, 0.29) is 0 Å². The number of aromatic nitrogens is 3. The lowest BCUT2D eigenvalue weighted by molar-refractivity contribution is 0.498. The zero-order chi connectivity index (χ0) is 15.0. The summed E-state index contributed by atoms with van der Waals surface area (Å²) in [5.74, 6) is -1.63. The maximum atomic E-state index is 13.6. The molecule has 0 saturated carbocycles. The molecule has 108 valence electrons. The average molecular weight is 308 g/mol. The number of fused-ring (bicyclic) bond motifs is 1. The van der Waals surface area contributed by atoms with E-state index in [0.29, 0.717) is 28.9 Å². The second kappa shape index (κ2) is 5.41. The van der Waals surface area contributed by atoms with Gasteiger partial charge >= 0.3 is 0 Å². The second-order valence-corrected chi connectivity index (χ2v) is 5.22. The number of aryl methyl sites for hydroxylation is 3. The molecular weight excluding hydrogens is 296 g/mol. The minimum Gasteiger partial charge on any atom is -0.265 e. The van der Waals surface area contributed by atoms with Crippen molar-refractivity contribution in [3.8, 4) is 0 Å². The van der Waals surface area contributed by atoms with Crippen LogP contribution in [0.2, 0.25) is 5.02 Å². The first-order valence-electron chi connectivity index (χ1n) is 6.46. The Morgan fingerprint density at radius 3 is 2.86 bits per heavy atom. The van der Waals surface area contributed by atoms with E-state index < -0.39 is 11.6 Å². The lowest BCUT2D eigenvalue weighted by Gasteiger charge is -2.05. The van der Waals surface area contributed by atoms with Gasteiger partial charge in [0.25, 0.3) is 0 Å². The average Bonchev–Trinajstić information content (AvgIpc) is 2.82. The molecule has 0 aliphatic heterocycles. The van der Waals surface area contributed by atoms with Crippen LogP contribution in [0.5, 0.6) is 0 Å². The van der Waals surface area contributed by atoms with Crippen LogP contribution in [0.25, 0.3) is 11.0 Å². The highest BCUT2D eigenvalue weighted by atomic mass is 35.5. The summed E-state index contributed by atoms with van der Waals surface area (Å²) in [5.41, 5.74) is 2.51. The lowest BCUT2D eigenvalue weighted by atomic mass is 10.1. The van der Waals surface area contributed by atoms with Gasteiger partial charge in [-0.1, -0.05) is 23.7 Å². The third kappa shape index (κ3) is 2.61. The highest BCUT2D eigenvalue weighted by Crippen LogP contribution is 2.23. The summed E-state index contributed by atoms with van der Waals surface area (Å²) in [6, 6.07) is 5.92. The predicted molar refractivity (Wildman–Crippen MR) is 77.3 cm³/mol. The van der Waals surface area contributed by atoms with Gasteiger partial charge in [0, 0.05) is 12.7 Å². The molecular formula is C15H12ClF2N3. The van der Waals surface area contributed by atoms with Crippen molar-refractivity contribution >= 4 is 22.6 Å². The largest absolute Gasteiger partial charge is 0.265 e. The molecule has 2 aromatic heterocycles. The van der Waals surface area contributed by atoms with Gasteiger partial charge in [-0.25, -0.2) is 13.8 Å². The molecule has 0 bridgehead atoms. The van der Waals surface area contributed by atoms with E-state index in [1.54, 1.807) is 30.1 Å². The van der Waals surface area contributed by atoms with Crippen molar-refractivity contribution in [1.29, 1.82) is 0 Å². The first kappa shape index (κ1) is 13.9. The molecule has 0 unspecified atom stereocenters. The van der Waals surface area contributed by atoms with Crippen LogP contribution < -0.4 is 0 Å². The molecule has 1 aromatic carbocycles. The lowest BCUT2D eigenvalue weighted by Crippen LogP contribution is -1.99. The maximum Gasteiger partial charge on any atom is 0.162 e. The van der Waals surface area contributed by atoms with Gasteiger partial charge < -0.3 is 0 Å². The highest BCUT2D eigenvalue weighted by molar-refractivity contribution is 6.34. The molecule has 2 heterocycles. The molecule has 0 aliphatic rings. The molecule has 21 heavy (non-hydrogen) atoms. The van der Waals surface area contributed by atoms with Crippen molar-refractivity contribution in [3.05, 3.63) is 58.4 Å². The van der Waals surface area contributed by atoms with E-state index in [1.807, 2.05) is 0 Å². The first-order chi connectivity index (χ1) is 10.1.